The first-order valence-electron chi connectivity index (χ1n) is 8.83. The van der Waals surface area contributed by atoms with Gasteiger partial charge < -0.3 is 19.5 Å². The summed E-state index contributed by atoms with van der Waals surface area (Å²) >= 11 is 0. The molecule has 1 atom stereocenters. The molecule has 0 bridgehead atoms. The Morgan fingerprint density at radius 1 is 1.04 bits per heavy atom. The number of anilines is 1. The normalized spacial score (nSPS) is 11.8. The molecule has 0 aliphatic carbocycles. The van der Waals surface area contributed by atoms with Crippen molar-refractivity contribution in [1.29, 1.82) is 0 Å². The molecule has 0 fully saturated rings. The van der Waals surface area contributed by atoms with Crippen LogP contribution in [-0.2, 0) is 14.3 Å². The van der Waals surface area contributed by atoms with Gasteiger partial charge in [0.15, 0.2) is 6.10 Å². The lowest BCUT2D eigenvalue weighted by molar-refractivity contribution is -0.148. The molecule has 0 radical (unpaired) electrons. The molecule has 1 N–H and O–H groups in total. The number of carbonyl (C=O) groups is 2. The number of amides is 1. The highest BCUT2D eigenvalue weighted by molar-refractivity contribution is 5.97. The Labute approximate surface area is 165 Å². The first-order chi connectivity index (χ1) is 13.3. The molecule has 148 valence electrons. The van der Waals surface area contributed by atoms with Crippen molar-refractivity contribution in [2.24, 2.45) is 0 Å². The maximum atomic E-state index is 12.3. The van der Waals surface area contributed by atoms with E-state index >= 15 is 0 Å². The van der Waals surface area contributed by atoms with Gasteiger partial charge in [0.25, 0.3) is 5.91 Å². The van der Waals surface area contributed by atoms with Crippen molar-refractivity contribution in [3.05, 3.63) is 59.2 Å². The number of hydrogen-bond acceptors (Lipinski definition) is 5. The molecule has 2 aromatic carbocycles. The molecule has 0 aliphatic rings. The smallest absolute Gasteiger partial charge is 0.331 e. The number of ether oxygens (including phenoxy) is 3. The topological polar surface area (TPSA) is 73.9 Å². The Hall–Kier alpha value is -3.28. The number of aryl methyl sites for hydroxylation is 2. The van der Waals surface area contributed by atoms with Gasteiger partial charge in [0.1, 0.15) is 11.5 Å². The Morgan fingerprint density at radius 3 is 2.43 bits per heavy atom. The van der Waals surface area contributed by atoms with Gasteiger partial charge in [-0.05, 0) is 50.6 Å². The van der Waals surface area contributed by atoms with Gasteiger partial charge in [-0.1, -0.05) is 17.7 Å². The summed E-state index contributed by atoms with van der Waals surface area (Å²) in [6, 6.07) is 10.9. The van der Waals surface area contributed by atoms with E-state index in [4.69, 9.17) is 14.2 Å². The fourth-order valence-electron chi connectivity index (χ4n) is 2.57. The Bertz CT molecular complexity index is 888. The summed E-state index contributed by atoms with van der Waals surface area (Å²) in [5.74, 6) is 0.189. The van der Waals surface area contributed by atoms with Crippen LogP contribution in [0.4, 0.5) is 5.69 Å². The van der Waals surface area contributed by atoms with Crippen LogP contribution >= 0.6 is 0 Å². The summed E-state index contributed by atoms with van der Waals surface area (Å²) in [7, 11) is 3.09. The fraction of sp³-hybridized carbons (Fsp3) is 0.273. The van der Waals surface area contributed by atoms with Crippen molar-refractivity contribution in [1.82, 2.24) is 0 Å². The zero-order valence-corrected chi connectivity index (χ0v) is 16.7. The molecule has 0 unspecified atom stereocenters. The fourth-order valence-corrected chi connectivity index (χ4v) is 2.57. The van der Waals surface area contributed by atoms with Crippen molar-refractivity contribution >= 4 is 23.6 Å². The molecule has 0 aliphatic heterocycles. The number of benzene rings is 2. The van der Waals surface area contributed by atoms with E-state index in [2.05, 4.69) is 5.32 Å². The summed E-state index contributed by atoms with van der Waals surface area (Å²) in [4.78, 5) is 24.3. The number of nitrogens with one attached hydrogen (secondary N) is 1. The predicted octanol–water partition coefficient (Wildman–Crippen LogP) is 3.90. The number of rotatable bonds is 7. The molecule has 6 nitrogen and oxygen atoms in total. The van der Waals surface area contributed by atoms with Crippen molar-refractivity contribution in [2.45, 2.75) is 26.9 Å². The highest BCUT2D eigenvalue weighted by atomic mass is 16.5. The lowest BCUT2D eigenvalue weighted by atomic mass is 10.1. The highest BCUT2D eigenvalue weighted by Crippen LogP contribution is 2.25. The summed E-state index contributed by atoms with van der Waals surface area (Å²) in [5, 5.41) is 2.77. The van der Waals surface area contributed by atoms with E-state index < -0.39 is 18.0 Å². The summed E-state index contributed by atoms with van der Waals surface area (Å²) < 4.78 is 15.6. The second-order valence-electron chi connectivity index (χ2n) is 6.33. The monoisotopic (exact) mass is 383 g/mol. The van der Waals surface area contributed by atoms with Gasteiger partial charge in [-0.3, -0.25) is 4.79 Å². The molecule has 0 saturated heterocycles. The van der Waals surface area contributed by atoms with Crippen molar-refractivity contribution in [2.75, 3.05) is 19.5 Å². The van der Waals surface area contributed by atoms with Gasteiger partial charge >= 0.3 is 5.97 Å². The highest BCUT2D eigenvalue weighted by Gasteiger charge is 2.17. The summed E-state index contributed by atoms with van der Waals surface area (Å²) in [5.41, 5.74) is 3.43. The molecular weight excluding hydrogens is 358 g/mol. The minimum Gasteiger partial charge on any atom is -0.497 e. The maximum Gasteiger partial charge on any atom is 0.331 e. The van der Waals surface area contributed by atoms with Crippen LogP contribution in [0.2, 0.25) is 0 Å². The molecule has 2 aromatic rings. The van der Waals surface area contributed by atoms with Crippen LogP contribution in [0.25, 0.3) is 6.08 Å². The summed E-state index contributed by atoms with van der Waals surface area (Å²) in [6.07, 6.45) is 1.89. The third-order valence-corrected chi connectivity index (χ3v) is 4.14. The van der Waals surface area contributed by atoms with E-state index in [1.165, 1.54) is 20.1 Å². The van der Waals surface area contributed by atoms with Crippen LogP contribution in [0, 0.1) is 13.8 Å². The van der Waals surface area contributed by atoms with Crippen LogP contribution in [0.1, 0.15) is 23.6 Å². The minimum absolute atomic E-state index is 0.393. The third kappa shape index (κ3) is 5.61. The second-order valence-corrected chi connectivity index (χ2v) is 6.33. The van der Waals surface area contributed by atoms with Crippen LogP contribution in [0.3, 0.4) is 0 Å². The average Bonchev–Trinajstić information content (AvgIpc) is 2.68. The zero-order valence-electron chi connectivity index (χ0n) is 16.7. The number of hydrogen-bond donors (Lipinski definition) is 1. The van der Waals surface area contributed by atoms with Crippen molar-refractivity contribution in [3.8, 4) is 11.5 Å². The second kappa shape index (κ2) is 9.60. The first-order valence-corrected chi connectivity index (χ1v) is 8.83. The van der Waals surface area contributed by atoms with E-state index in [0.29, 0.717) is 22.7 Å². The first kappa shape index (κ1) is 21.0. The molecule has 0 aromatic heterocycles. The van der Waals surface area contributed by atoms with Gasteiger partial charge in [-0.25, -0.2) is 4.79 Å². The average molecular weight is 383 g/mol. The molecule has 1 amide bonds. The molecule has 0 spiro atoms. The number of esters is 1. The van der Waals surface area contributed by atoms with E-state index in [-0.39, 0.29) is 0 Å². The van der Waals surface area contributed by atoms with Gasteiger partial charge in [-0.15, -0.1) is 0 Å². The van der Waals surface area contributed by atoms with Crippen LogP contribution in [0.5, 0.6) is 11.5 Å². The maximum absolute atomic E-state index is 12.3. The minimum atomic E-state index is -0.935. The zero-order chi connectivity index (χ0) is 20.7. The molecular formula is C22H25NO5. The largest absolute Gasteiger partial charge is 0.497 e. The van der Waals surface area contributed by atoms with E-state index in [0.717, 1.165) is 11.1 Å². The molecule has 0 heterocycles. The van der Waals surface area contributed by atoms with Gasteiger partial charge in [0.2, 0.25) is 0 Å². The molecule has 6 heteroatoms. The Balaban J connectivity index is 1.98. The van der Waals surface area contributed by atoms with Crippen LogP contribution in [0.15, 0.2) is 42.5 Å². The third-order valence-electron chi connectivity index (χ3n) is 4.14. The Morgan fingerprint density at radius 2 is 1.79 bits per heavy atom. The lowest BCUT2D eigenvalue weighted by Crippen LogP contribution is -2.29. The number of carbonyl (C=O) groups excluding carboxylic acids is 2. The molecule has 2 rings (SSSR count). The lowest BCUT2D eigenvalue weighted by Gasteiger charge is -2.14. The standard InChI is InChI=1S/C22H25NO5/c1-14-6-10-19(15(2)12-14)23-22(25)16(3)28-21(24)11-8-17-7-9-18(26-4)13-20(17)27-5/h6-13,16H,1-5H3,(H,23,25)/b11-8+/t16-/m0/s1. The van der Waals surface area contributed by atoms with Crippen molar-refractivity contribution < 1.29 is 23.8 Å². The molecule has 28 heavy (non-hydrogen) atoms. The van der Waals surface area contributed by atoms with Crippen LogP contribution in [-0.4, -0.2) is 32.2 Å². The quantitative estimate of drug-likeness (QED) is 0.580. The van der Waals surface area contributed by atoms with Crippen LogP contribution < -0.4 is 14.8 Å². The van der Waals surface area contributed by atoms with Crippen molar-refractivity contribution in [3.63, 3.8) is 0 Å². The predicted molar refractivity (Wildman–Crippen MR) is 109 cm³/mol. The van der Waals surface area contributed by atoms with E-state index in [9.17, 15) is 9.59 Å². The van der Waals surface area contributed by atoms with E-state index in [1.54, 1.807) is 31.4 Å². The van der Waals surface area contributed by atoms with Gasteiger partial charge in [0.05, 0.1) is 14.2 Å². The molecule has 0 saturated carbocycles. The Kier molecular flexibility index (Phi) is 7.21. The summed E-state index contributed by atoms with van der Waals surface area (Å²) in [6.45, 7) is 5.41. The number of methoxy groups -OCH3 is 2. The van der Waals surface area contributed by atoms with Gasteiger partial charge in [0, 0.05) is 23.4 Å². The van der Waals surface area contributed by atoms with E-state index in [1.807, 2.05) is 32.0 Å². The van der Waals surface area contributed by atoms with Gasteiger partial charge in [-0.2, -0.15) is 0 Å². The SMILES string of the molecule is COc1ccc(/C=C/C(=O)O[C@@H](C)C(=O)Nc2ccc(C)cc2C)c(OC)c1.